The zero-order valence-corrected chi connectivity index (χ0v) is 13.0. The van der Waals surface area contributed by atoms with E-state index in [-0.39, 0.29) is 5.82 Å². The standard InChI is InChI=1S/C17H19FN4/c1-12(2)8-22-10-16(19-11-22)15-9-21(3)20-17(15)13-4-6-14(18)7-5-13/h4-7,9-12H,8H2,1-3H3. The van der Waals surface area contributed by atoms with Crippen molar-refractivity contribution in [1.29, 1.82) is 0 Å². The largest absolute Gasteiger partial charge is 0.337 e. The summed E-state index contributed by atoms with van der Waals surface area (Å²) in [4.78, 5) is 4.49. The quantitative estimate of drug-likeness (QED) is 0.735. The van der Waals surface area contributed by atoms with Gasteiger partial charge in [0.25, 0.3) is 0 Å². The number of aromatic nitrogens is 4. The maximum atomic E-state index is 13.1. The van der Waals surface area contributed by atoms with E-state index in [4.69, 9.17) is 0 Å². The Hall–Kier alpha value is -2.43. The summed E-state index contributed by atoms with van der Waals surface area (Å²) >= 11 is 0. The fourth-order valence-corrected chi connectivity index (χ4v) is 2.52. The Morgan fingerprint density at radius 2 is 1.86 bits per heavy atom. The van der Waals surface area contributed by atoms with Crippen molar-refractivity contribution in [3.63, 3.8) is 0 Å². The first-order valence-electron chi connectivity index (χ1n) is 7.34. The molecule has 0 fully saturated rings. The number of nitrogens with zero attached hydrogens (tertiary/aromatic N) is 4. The van der Waals surface area contributed by atoms with Crippen LogP contribution in [0.25, 0.3) is 22.5 Å². The molecule has 0 aliphatic rings. The molecule has 3 aromatic rings. The molecule has 0 N–H and O–H groups in total. The lowest BCUT2D eigenvalue weighted by molar-refractivity contribution is 0.523. The van der Waals surface area contributed by atoms with Crippen molar-refractivity contribution in [3.05, 3.63) is 48.8 Å². The number of halogens is 1. The van der Waals surface area contributed by atoms with Crippen LogP contribution in [0.2, 0.25) is 0 Å². The first-order chi connectivity index (χ1) is 10.5. The van der Waals surface area contributed by atoms with Crippen LogP contribution in [0.4, 0.5) is 4.39 Å². The molecular weight excluding hydrogens is 279 g/mol. The first-order valence-corrected chi connectivity index (χ1v) is 7.34. The summed E-state index contributed by atoms with van der Waals surface area (Å²) in [6, 6.07) is 6.38. The molecule has 0 aliphatic heterocycles. The molecule has 2 aromatic heterocycles. The number of imidazole rings is 1. The summed E-state index contributed by atoms with van der Waals surface area (Å²) in [5.74, 6) is 0.315. The monoisotopic (exact) mass is 298 g/mol. The van der Waals surface area contributed by atoms with Gasteiger partial charge in [-0.05, 0) is 30.2 Å². The third-order valence-electron chi connectivity index (χ3n) is 3.43. The summed E-state index contributed by atoms with van der Waals surface area (Å²) in [6.07, 6.45) is 5.82. The predicted molar refractivity (Wildman–Crippen MR) is 84.7 cm³/mol. The maximum absolute atomic E-state index is 13.1. The van der Waals surface area contributed by atoms with Gasteiger partial charge in [0.2, 0.25) is 0 Å². The summed E-state index contributed by atoms with van der Waals surface area (Å²) in [5, 5.41) is 4.50. The lowest BCUT2D eigenvalue weighted by atomic mass is 10.1. The maximum Gasteiger partial charge on any atom is 0.123 e. The highest BCUT2D eigenvalue weighted by Gasteiger charge is 2.14. The van der Waals surface area contributed by atoms with Crippen LogP contribution in [0.5, 0.6) is 0 Å². The van der Waals surface area contributed by atoms with Crippen LogP contribution < -0.4 is 0 Å². The smallest absolute Gasteiger partial charge is 0.123 e. The second-order valence-corrected chi connectivity index (χ2v) is 5.92. The second kappa shape index (κ2) is 5.75. The fourth-order valence-electron chi connectivity index (χ4n) is 2.52. The van der Waals surface area contributed by atoms with E-state index in [9.17, 15) is 4.39 Å². The van der Waals surface area contributed by atoms with Crippen molar-refractivity contribution in [1.82, 2.24) is 19.3 Å². The van der Waals surface area contributed by atoms with E-state index in [1.54, 1.807) is 16.8 Å². The normalized spacial score (nSPS) is 11.3. The van der Waals surface area contributed by atoms with E-state index in [0.717, 1.165) is 29.1 Å². The van der Waals surface area contributed by atoms with Crippen LogP contribution in [-0.2, 0) is 13.6 Å². The van der Waals surface area contributed by atoms with Gasteiger partial charge < -0.3 is 4.57 Å². The minimum Gasteiger partial charge on any atom is -0.337 e. The average molecular weight is 298 g/mol. The second-order valence-electron chi connectivity index (χ2n) is 5.92. The van der Waals surface area contributed by atoms with E-state index in [1.165, 1.54) is 12.1 Å². The molecule has 2 heterocycles. The minimum atomic E-state index is -0.248. The molecule has 0 atom stereocenters. The van der Waals surface area contributed by atoms with Crippen molar-refractivity contribution >= 4 is 0 Å². The summed E-state index contributed by atoms with van der Waals surface area (Å²) in [5.41, 5.74) is 3.54. The number of rotatable bonds is 4. The van der Waals surface area contributed by atoms with E-state index >= 15 is 0 Å². The lowest BCUT2D eigenvalue weighted by Gasteiger charge is -2.04. The van der Waals surface area contributed by atoms with Gasteiger partial charge in [-0.25, -0.2) is 9.37 Å². The van der Waals surface area contributed by atoms with E-state index in [2.05, 4.69) is 28.5 Å². The van der Waals surface area contributed by atoms with Crippen LogP contribution in [0.15, 0.2) is 43.0 Å². The molecule has 0 unspecified atom stereocenters. The van der Waals surface area contributed by atoms with Crippen LogP contribution in [-0.4, -0.2) is 19.3 Å². The molecule has 5 heteroatoms. The molecular formula is C17H19FN4. The topological polar surface area (TPSA) is 35.6 Å². The summed E-state index contributed by atoms with van der Waals surface area (Å²) < 4.78 is 17.0. The molecule has 0 spiro atoms. The van der Waals surface area contributed by atoms with Crippen molar-refractivity contribution < 1.29 is 4.39 Å². The van der Waals surface area contributed by atoms with Crippen LogP contribution in [0.1, 0.15) is 13.8 Å². The highest BCUT2D eigenvalue weighted by atomic mass is 19.1. The van der Waals surface area contributed by atoms with Crippen molar-refractivity contribution in [2.45, 2.75) is 20.4 Å². The Kier molecular flexibility index (Phi) is 3.79. The first kappa shape index (κ1) is 14.5. The predicted octanol–water partition coefficient (Wildman–Crippen LogP) is 3.75. The average Bonchev–Trinajstić information content (AvgIpc) is 3.05. The van der Waals surface area contributed by atoms with Gasteiger partial charge in [-0.1, -0.05) is 13.8 Å². The van der Waals surface area contributed by atoms with Crippen LogP contribution >= 0.6 is 0 Å². The van der Waals surface area contributed by atoms with E-state index in [1.807, 2.05) is 25.8 Å². The minimum absolute atomic E-state index is 0.248. The Labute approximate surface area is 129 Å². The zero-order chi connectivity index (χ0) is 15.7. The number of hydrogen-bond acceptors (Lipinski definition) is 2. The molecule has 0 amide bonds. The van der Waals surface area contributed by atoms with Crippen molar-refractivity contribution in [2.24, 2.45) is 13.0 Å². The van der Waals surface area contributed by atoms with Gasteiger partial charge in [0.15, 0.2) is 0 Å². The number of aryl methyl sites for hydroxylation is 1. The molecule has 3 rings (SSSR count). The molecule has 0 aliphatic carbocycles. The highest BCUT2D eigenvalue weighted by Crippen LogP contribution is 2.29. The SMILES string of the molecule is CC(C)Cn1cnc(-c2cn(C)nc2-c2ccc(F)cc2)c1. The third-order valence-corrected chi connectivity index (χ3v) is 3.43. The summed E-state index contributed by atoms with van der Waals surface area (Å²) in [7, 11) is 1.88. The van der Waals surface area contributed by atoms with Gasteiger partial charge in [0.05, 0.1) is 12.0 Å². The molecule has 0 saturated heterocycles. The number of benzene rings is 1. The molecule has 22 heavy (non-hydrogen) atoms. The highest BCUT2D eigenvalue weighted by molar-refractivity contribution is 5.78. The summed E-state index contributed by atoms with van der Waals surface area (Å²) in [6.45, 7) is 5.28. The molecule has 4 nitrogen and oxygen atoms in total. The zero-order valence-electron chi connectivity index (χ0n) is 13.0. The van der Waals surface area contributed by atoms with Gasteiger partial charge in [0, 0.05) is 37.1 Å². The van der Waals surface area contributed by atoms with Crippen molar-refractivity contribution in [2.75, 3.05) is 0 Å². The Morgan fingerprint density at radius 3 is 2.55 bits per heavy atom. The molecule has 0 bridgehead atoms. The Balaban J connectivity index is 2.00. The Morgan fingerprint density at radius 1 is 1.14 bits per heavy atom. The van der Waals surface area contributed by atoms with Crippen molar-refractivity contribution in [3.8, 4) is 22.5 Å². The Bertz CT molecular complexity index is 768. The van der Waals surface area contributed by atoms with Gasteiger partial charge >= 0.3 is 0 Å². The number of hydrogen-bond donors (Lipinski definition) is 0. The van der Waals surface area contributed by atoms with Gasteiger partial charge in [-0.3, -0.25) is 4.68 Å². The van der Waals surface area contributed by atoms with E-state index < -0.39 is 0 Å². The van der Waals surface area contributed by atoms with Crippen LogP contribution in [0, 0.1) is 11.7 Å². The molecule has 0 radical (unpaired) electrons. The molecule has 114 valence electrons. The van der Waals surface area contributed by atoms with E-state index in [0.29, 0.717) is 5.92 Å². The van der Waals surface area contributed by atoms with Gasteiger partial charge in [0.1, 0.15) is 11.5 Å². The third kappa shape index (κ3) is 2.93. The van der Waals surface area contributed by atoms with Crippen LogP contribution in [0.3, 0.4) is 0 Å². The lowest BCUT2D eigenvalue weighted by Crippen LogP contribution is -2.00. The van der Waals surface area contributed by atoms with Gasteiger partial charge in [-0.15, -0.1) is 0 Å². The molecule has 1 aromatic carbocycles. The fraction of sp³-hybridized carbons (Fsp3) is 0.294. The molecule has 0 saturated carbocycles. The van der Waals surface area contributed by atoms with Gasteiger partial charge in [-0.2, -0.15) is 5.10 Å².